The van der Waals surface area contributed by atoms with E-state index in [0.29, 0.717) is 6.42 Å². The summed E-state index contributed by atoms with van der Waals surface area (Å²) in [7, 11) is -0.989. The molecule has 1 N–H and O–H groups in total. The molecule has 0 spiro atoms. The lowest BCUT2D eigenvalue weighted by Gasteiger charge is -2.28. The predicted molar refractivity (Wildman–Crippen MR) is 62.6 cm³/mol. The van der Waals surface area contributed by atoms with E-state index in [-0.39, 0.29) is 11.8 Å². The molecule has 1 saturated heterocycles. The first kappa shape index (κ1) is 13.8. The predicted octanol–water partition coefficient (Wildman–Crippen LogP) is -0.142. The molecule has 0 radical (unpaired) electrons. The average molecular weight is 260 g/mol. The third-order valence-corrected chi connectivity index (χ3v) is 4.20. The second kappa shape index (κ2) is 5.39. The van der Waals surface area contributed by atoms with Crippen LogP contribution in [0.1, 0.15) is 20.3 Å². The number of nitrogens with zero attached hydrogens (tertiary/aromatic N) is 1. The number of carbonyl (C=O) groups is 3. The second-order valence-electron chi connectivity index (χ2n) is 4.10. The molecule has 6 nitrogen and oxygen atoms in total. The van der Waals surface area contributed by atoms with Crippen molar-refractivity contribution in [1.82, 2.24) is 10.2 Å². The molecule has 1 heterocycles. The van der Waals surface area contributed by atoms with Crippen LogP contribution in [0, 0.1) is 5.92 Å². The van der Waals surface area contributed by atoms with E-state index in [1.54, 1.807) is 13.2 Å². The molecule has 0 aromatic heterocycles. The van der Waals surface area contributed by atoms with Gasteiger partial charge in [0, 0.05) is 28.9 Å². The molecule has 1 rings (SSSR count). The highest BCUT2D eigenvalue weighted by Crippen LogP contribution is 2.11. The van der Waals surface area contributed by atoms with Crippen LogP contribution in [0.2, 0.25) is 0 Å². The summed E-state index contributed by atoms with van der Waals surface area (Å²) in [5.41, 5.74) is 0. The van der Waals surface area contributed by atoms with Gasteiger partial charge in [0.2, 0.25) is 11.8 Å². The van der Waals surface area contributed by atoms with Gasteiger partial charge in [-0.05, 0) is 13.3 Å². The maximum atomic E-state index is 11.7. The number of urea groups is 1. The van der Waals surface area contributed by atoms with Gasteiger partial charge in [-0.3, -0.25) is 24.0 Å². The Labute approximate surface area is 102 Å². The van der Waals surface area contributed by atoms with Crippen LogP contribution in [0.5, 0.6) is 0 Å². The van der Waals surface area contributed by atoms with Gasteiger partial charge in [0.1, 0.15) is 5.92 Å². The smallest absolute Gasteiger partial charge is 0.277 e. The van der Waals surface area contributed by atoms with Gasteiger partial charge in [-0.2, -0.15) is 0 Å². The van der Waals surface area contributed by atoms with Crippen LogP contribution >= 0.6 is 0 Å². The first-order chi connectivity index (χ1) is 7.84. The number of carbonyl (C=O) groups excluding carboxylic acids is 3. The number of hydrogen-bond donors (Lipinski definition) is 1. The molecule has 3 atom stereocenters. The maximum Gasteiger partial charge on any atom is 0.330 e. The molecule has 4 amide bonds. The molecule has 0 bridgehead atoms. The van der Waals surface area contributed by atoms with E-state index >= 15 is 0 Å². The highest BCUT2D eigenvalue weighted by molar-refractivity contribution is 7.84. The summed E-state index contributed by atoms with van der Waals surface area (Å²) in [4.78, 5) is 35.3. The van der Waals surface area contributed by atoms with Crippen molar-refractivity contribution in [2.75, 3.05) is 12.8 Å². The fourth-order valence-corrected chi connectivity index (χ4v) is 1.85. The van der Waals surface area contributed by atoms with Crippen molar-refractivity contribution >= 4 is 28.6 Å². The highest BCUT2D eigenvalue weighted by atomic mass is 32.2. The zero-order chi connectivity index (χ0) is 13.2. The summed E-state index contributed by atoms with van der Waals surface area (Å²) in [5.74, 6) is -1.90. The maximum absolute atomic E-state index is 11.7. The Bertz CT molecular complexity index is 383. The molecule has 0 aliphatic carbocycles. The van der Waals surface area contributed by atoms with Gasteiger partial charge in [0.05, 0.1) is 0 Å². The molecule has 0 aromatic rings. The monoisotopic (exact) mass is 260 g/mol. The second-order valence-corrected chi connectivity index (χ2v) is 5.91. The number of barbiturate groups is 1. The van der Waals surface area contributed by atoms with Gasteiger partial charge in [-0.1, -0.05) is 6.92 Å². The number of hydrogen-bond acceptors (Lipinski definition) is 4. The van der Waals surface area contributed by atoms with Gasteiger partial charge in [0.25, 0.3) is 0 Å². The third kappa shape index (κ3) is 3.12. The van der Waals surface area contributed by atoms with Crippen molar-refractivity contribution < 1.29 is 18.6 Å². The molecule has 7 heteroatoms. The van der Waals surface area contributed by atoms with E-state index in [4.69, 9.17) is 0 Å². The van der Waals surface area contributed by atoms with Crippen molar-refractivity contribution in [2.24, 2.45) is 5.92 Å². The summed E-state index contributed by atoms with van der Waals surface area (Å²) >= 11 is 0. The van der Waals surface area contributed by atoms with Crippen LogP contribution < -0.4 is 5.32 Å². The van der Waals surface area contributed by atoms with Crippen molar-refractivity contribution in [2.45, 2.75) is 25.5 Å². The minimum absolute atomic E-state index is 0.0939. The minimum Gasteiger partial charge on any atom is -0.277 e. The van der Waals surface area contributed by atoms with E-state index in [0.717, 1.165) is 4.90 Å². The topological polar surface area (TPSA) is 83.6 Å². The Hall–Kier alpha value is -1.24. The Morgan fingerprint density at radius 2 is 2.00 bits per heavy atom. The summed E-state index contributed by atoms with van der Waals surface area (Å²) < 4.78 is 11.1. The molecule has 96 valence electrons. The first-order valence-corrected chi connectivity index (χ1v) is 6.95. The van der Waals surface area contributed by atoms with Crippen LogP contribution in [-0.2, 0) is 20.4 Å². The van der Waals surface area contributed by atoms with E-state index in [1.807, 2.05) is 0 Å². The third-order valence-electron chi connectivity index (χ3n) is 2.83. The van der Waals surface area contributed by atoms with Crippen LogP contribution in [-0.4, -0.2) is 45.0 Å². The molecular formula is C10H16N2O4S. The zero-order valence-electron chi connectivity index (χ0n) is 10.1. The van der Waals surface area contributed by atoms with E-state index in [2.05, 4.69) is 5.32 Å². The van der Waals surface area contributed by atoms with Gasteiger partial charge >= 0.3 is 6.03 Å². The van der Waals surface area contributed by atoms with Crippen LogP contribution in [0.15, 0.2) is 0 Å². The fraction of sp³-hybridized carbons (Fsp3) is 0.700. The van der Waals surface area contributed by atoms with Crippen molar-refractivity contribution in [1.29, 1.82) is 0 Å². The number of amides is 4. The Morgan fingerprint density at radius 3 is 2.53 bits per heavy atom. The van der Waals surface area contributed by atoms with Crippen molar-refractivity contribution in [3.05, 3.63) is 0 Å². The van der Waals surface area contributed by atoms with Crippen LogP contribution in [0.4, 0.5) is 4.79 Å². The van der Waals surface area contributed by atoms with Gasteiger partial charge in [-0.25, -0.2) is 4.79 Å². The molecule has 17 heavy (non-hydrogen) atoms. The SMILES string of the molecule is CC1C(=O)NC(=O)N(CCC(C)S(C)=O)C1=O. The van der Waals surface area contributed by atoms with E-state index < -0.39 is 34.6 Å². The standard InChI is InChI=1S/C10H16N2O4S/c1-6(17(3)16)4-5-12-9(14)7(2)8(13)11-10(12)15/h6-7H,4-5H2,1-3H3,(H,11,13,15). The average Bonchev–Trinajstić information content (AvgIpc) is 2.25. The van der Waals surface area contributed by atoms with Gasteiger partial charge in [-0.15, -0.1) is 0 Å². The molecule has 3 unspecified atom stereocenters. The number of nitrogens with one attached hydrogen (secondary N) is 1. The summed E-state index contributed by atoms with van der Waals surface area (Å²) in [6.07, 6.45) is 2.04. The fourth-order valence-electron chi connectivity index (χ4n) is 1.42. The van der Waals surface area contributed by atoms with Gasteiger partial charge in [0.15, 0.2) is 0 Å². The minimum atomic E-state index is -0.989. The molecule has 1 aliphatic heterocycles. The quantitative estimate of drug-likeness (QED) is 0.713. The lowest BCUT2D eigenvalue weighted by Crippen LogP contribution is -2.57. The van der Waals surface area contributed by atoms with Crippen molar-refractivity contribution in [3.8, 4) is 0 Å². The number of rotatable bonds is 4. The van der Waals surface area contributed by atoms with E-state index in [1.165, 1.54) is 6.92 Å². The molecule has 0 saturated carbocycles. The van der Waals surface area contributed by atoms with Gasteiger partial charge < -0.3 is 0 Å². The number of imide groups is 2. The lowest BCUT2D eigenvalue weighted by molar-refractivity contribution is -0.141. The normalized spacial score (nSPS) is 24.5. The van der Waals surface area contributed by atoms with E-state index in [9.17, 15) is 18.6 Å². The molecular weight excluding hydrogens is 244 g/mol. The first-order valence-electron chi connectivity index (χ1n) is 5.33. The van der Waals surface area contributed by atoms with Crippen molar-refractivity contribution in [3.63, 3.8) is 0 Å². The van der Waals surface area contributed by atoms with Crippen LogP contribution in [0.3, 0.4) is 0 Å². The Balaban J connectivity index is 2.64. The summed E-state index contributed by atoms with van der Waals surface area (Å²) in [5, 5.41) is 2.02. The summed E-state index contributed by atoms with van der Waals surface area (Å²) in [6.45, 7) is 3.43. The largest absolute Gasteiger partial charge is 0.330 e. The zero-order valence-corrected chi connectivity index (χ0v) is 10.9. The highest BCUT2D eigenvalue weighted by Gasteiger charge is 2.37. The summed E-state index contributed by atoms with van der Waals surface area (Å²) in [6, 6.07) is -0.688. The Kier molecular flexibility index (Phi) is 4.39. The molecule has 1 aliphatic rings. The molecule has 1 fully saturated rings. The Morgan fingerprint density at radius 1 is 1.41 bits per heavy atom. The van der Waals surface area contributed by atoms with Crippen LogP contribution in [0.25, 0.3) is 0 Å². The molecule has 0 aromatic carbocycles. The lowest BCUT2D eigenvalue weighted by atomic mass is 10.1.